The van der Waals surface area contributed by atoms with Crippen LogP contribution in [0.4, 0.5) is 0 Å². The van der Waals surface area contributed by atoms with Crippen LogP contribution in [0.25, 0.3) is 0 Å². The summed E-state index contributed by atoms with van der Waals surface area (Å²) in [4.78, 5) is 0.515. The van der Waals surface area contributed by atoms with Crippen LogP contribution in [0, 0.1) is 5.92 Å². The fourth-order valence-electron chi connectivity index (χ4n) is 3.29. The topological polar surface area (TPSA) is 78.6 Å². The summed E-state index contributed by atoms with van der Waals surface area (Å²) in [6.45, 7) is 0.175. The monoisotopic (exact) mass is 361 g/mol. The number of hydrogen-bond acceptors (Lipinski definition) is 5. The molecule has 0 spiro atoms. The molecule has 2 aliphatic rings. The zero-order chi connectivity index (χ0) is 16.9. The third kappa shape index (κ3) is 2.35. The third-order valence-corrected chi connectivity index (χ3v) is 7.00. The molecule has 1 fully saturated rings. The van der Waals surface area contributed by atoms with Crippen LogP contribution >= 0.6 is 12.2 Å². The summed E-state index contributed by atoms with van der Waals surface area (Å²) < 4.78 is 36.6. The Labute approximate surface area is 145 Å². The van der Waals surface area contributed by atoms with E-state index in [9.17, 15) is 8.42 Å². The fourth-order valence-corrected chi connectivity index (χ4v) is 5.85. The molecule has 7 heteroatoms. The molecule has 2 aromatic rings. The van der Waals surface area contributed by atoms with E-state index in [1.807, 2.05) is 12.1 Å². The van der Waals surface area contributed by atoms with E-state index < -0.39 is 15.1 Å². The highest BCUT2D eigenvalue weighted by atomic mass is 32.2. The number of benzene rings is 2. The minimum absolute atomic E-state index is 0.175. The lowest BCUT2D eigenvalue weighted by atomic mass is 10.1. The Morgan fingerprint density at radius 2 is 1.79 bits per heavy atom. The normalized spacial score (nSPS) is 24.6. The first-order valence-electron chi connectivity index (χ1n) is 7.48. The first-order chi connectivity index (χ1) is 11.5. The van der Waals surface area contributed by atoms with Gasteiger partial charge < -0.3 is 15.2 Å². The maximum Gasteiger partial charge on any atom is 0.231 e. The van der Waals surface area contributed by atoms with Gasteiger partial charge in [0.1, 0.15) is 0 Å². The van der Waals surface area contributed by atoms with Crippen molar-refractivity contribution in [3.05, 3.63) is 54.1 Å². The van der Waals surface area contributed by atoms with Crippen molar-refractivity contribution < 1.29 is 17.9 Å². The highest BCUT2D eigenvalue weighted by Crippen LogP contribution is 2.55. The van der Waals surface area contributed by atoms with Crippen molar-refractivity contribution in [2.75, 3.05) is 6.79 Å². The van der Waals surface area contributed by atoms with Crippen molar-refractivity contribution in [1.82, 2.24) is 0 Å². The first-order valence-corrected chi connectivity index (χ1v) is 9.43. The standard InChI is InChI=1S/C17H15NO4S2/c18-17(23)15-14(10-6-7-12-13(8-10)22-9-21-12)16(15)24(19,20)11-4-2-1-3-5-11/h1-8,14-16H,9H2,(H2,18,23)/t14-,15-,16-/m0/s1. The van der Waals surface area contributed by atoms with E-state index >= 15 is 0 Å². The summed E-state index contributed by atoms with van der Waals surface area (Å²) in [7, 11) is -3.51. The molecular weight excluding hydrogens is 346 g/mol. The van der Waals surface area contributed by atoms with E-state index in [2.05, 4.69) is 0 Å². The van der Waals surface area contributed by atoms with E-state index in [1.54, 1.807) is 36.4 Å². The second-order valence-electron chi connectivity index (χ2n) is 5.89. The van der Waals surface area contributed by atoms with Gasteiger partial charge in [0.15, 0.2) is 21.3 Å². The van der Waals surface area contributed by atoms with Crippen molar-refractivity contribution in [3.8, 4) is 11.5 Å². The maximum absolute atomic E-state index is 13.0. The fraction of sp³-hybridized carbons (Fsp3) is 0.235. The molecule has 124 valence electrons. The van der Waals surface area contributed by atoms with Crippen molar-refractivity contribution >= 4 is 27.0 Å². The predicted octanol–water partition coefficient (Wildman–Crippen LogP) is 2.26. The number of sulfone groups is 1. The molecule has 0 saturated heterocycles. The van der Waals surface area contributed by atoms with Gasteiger partial charge in [0.05, 0.1) is 15.1 Å². The van der Waals surface area contributed by atoms with Crippen LogP contribution in [0.2, 0.25) is 0 Å². The Bertz CT molecular complexity index is 911. The Kier molecular flexibility index (Phi) is 3.51. The minimum atomic E-state index is -3.51. The van der Waals surface area contributed by atoms with Crippen molar-refractivity contribution in [3.63, 3.8) is 0 Å². The molecule has 0 aromatic heterocycles. The van der Waals surface area contributed by atoms with Crippen LogP contribution in [-0.4, -0.2) is 25.4 Å². The molecule has 24 heavy (non-hydrogen) atoms. The van der Waals surface area contributed by atoms with Crippen LogP contribution in [-0.2, 0) is 9.84 Å². The number of rotatable bonds is 4. The van der Waals surface area contributed by atoms with Gasteiger partial charge in [0.25, 0.3) is 0 Å². The molecule has 3 atom stereocenters. The van der Waals surface area contributed by atoms with Crippen LogP contribution < -0.4 is 15.2 Å². The summed E-state index contributed by atoms with van der Waals surface area (Å²) in [5, 5.41) is -0.641. The van der Waals surface area contributed by atoms with E-state index in [1.165, 1.54) is 0 Å². The van der Waals surface area contributed by atoms with Gasteiger partial charge in [-0.25, -0.2) is 8.42 Å². The smallest absolute Gasteiger partial charge is 0.231 e. The quantitative estimate of drug-likeness (QED) is 0.842. The van der Waals surface area contributed by atoms with Crippen LogP contribution in [0.1, 0.15) is 11.5 Å². The van der Waals surface area contributed by atoms with Crippen molar-refractivity contribution in [2.24, 2.45) is 11.7 Å². The second-order valence-corrected chi connectivity index (χ2v) is 8.47. The first kappa shape index (κ1) is 15.4. The molecule has 1 heterocycles. The number of thiocarbonyl (C=S) groups is 1. The molecule has 2 aromatic carbocycles. The average molecular weight is 361 g/mol. The summed E-state index contributed by atoms with van der Waals surface area (Å²) >= 11 is 5.11. The van der Waals surface area contributed by atoms with Gasteiger partial charge in [0.2, 0.25) is 6.79 Å². The largest absolute Gasteiger partial charge is 0.454 e. The zero-order valence-corrected chi connectivity index (χ0v) is 14.2. The molecule has 0 radical (unpaired) electrons. The van der Waals surface area contributed by atoms with Crippen LogP contribution in [0.3, 0.4) is 0 Å². The highest BCUT2D eigenvalue weighted by molar-refractivity contribution is 7.92. The summed E-state index contributed by atoms with van der Waals surface area (Å²) in [5.41, 5.74) is 6.66. The van der Waals surface area contributed by atoms with Crippen molar-refractivity contribution in [2.45, 2.75) is 16.1 Å². The van der Waals surface area contributed by atoms with E-state index in [0.29, 0.717) is 16.4 Å². The van der Waals surface area contributed by atoms with Gasteiger partial charge in [0, 0.05) is 11.8 Å². The Balaban J connectivity index is 1.72. The lowest BCUT2D eigenvalue weighted by molar-refractivity contribution is 0.174. The molecule has 1 saturated carbocycles. The van der Waals surface area contributed by atoms with Crippen LogP contribution in [0.5, 0.6) is 11.5 Å². The molecule has 4 rings (SSSR count). The van der Waals surface area contributed by atoms with E-state index in [0.717, 1.165) is 5.56 Å². The van der Waals surface area contributed by atoms with Gasteiger partial charge in [-0.15, -0.1) is 0 Å². The van der Waals surface area contributed by atoms with Crippen LogP contribution in [0.15, 0.2) is 53.4 Å². The Morgan fingerprint density at radius 3 is 2.50 bits per heavy atom. The zero-order valence-electron chi connectivity index (χ0n) is 12.6. The summed E-state index contributed by atoms with van der Waals surface area (Å²) in [6, 6.07) is 13.9. The predicted molar refractivity (Wildman–Crippen MR) is 93.0 cm³/mol. The van der Waals surface area contributed by atoms with E-state index in [-0.39, 0.29) is 23.6 Å². The molecule has 1 aliphatic heterocycles. The number of fused-ring (bicyclic) bond motifs is 1. The molecular formula is C17H15NO4S2. The SMILES string of the molecule is NC(=S)[C@H]1[C@H](c2ccc3c(c2)OCO3)[C@@H]1S(=O)(=O)c1ccccc1. The maximum atomic E-state index is 13.0. The Hall–Kier alpha value is -2.12. The average Bonchev–Trinajstić information content (AvgIpc) is 3.19. The summed E-state index contributed by atoms with van der Waals surface area (Å²) in [5.74, 6) is 0.651. The number of ether oxygens (including phenoxy) is 2. The molecule has 0 amide bonds. The molecule has 1 aliphatic carbocycles. The van der Waals surface area contributed by atoms with Gasteiger partial charge in [-0.05, 0) is 29.8 Å². The minimum Gasteiger partial charge on any atom is -0.454 e. The lowest BCUT2D eigenvalue weighted by Crippen LogP contribution is -2.17. The summed E-state index contributed by atoms with van der Waals surface area (Å²) in [6.07, 6.45) is 0. The highest BCUT2D eigenvalue weighted by Gasteiger charge is 2.60. The third-order valence-electron chi connectivity index (χ3n) is 4.49. The molecule has 2 N–H and O–H groups in total. The Morgan fingerprint density at radius 1 is 1.08 bits per heavy atom. The number of hydrogen-bond donors (Lipinski definition) is 1. The van der Waals surface area contributed by atoms with Gasteiger partial charge >= 0.3 is 0 Å². The van der Waals surface area contributed by atoms with Gasteiger partial charge in [-0.1, -0.05) is 36.5 Å². The molecule has 0 bridgehead atoms. The van der Waals surface area contributed by atoms with Gasteiger partial charge in [-0.3, -0.25) is 0 Å². The second kappa shape index (κ2) is 5.46. The van der Waals surface area contributed by atoms with E-state index in [4.69, 9.17) is 27.4 Å². The van der Waals surface area contributed by atoms with Crippen molar-refractivity contribution in [1.29, 1.82) is 0 Å². The lowest BCUT2D eigenvalue weighted by Gasteiger charge is -2.04. The van der Waals surface area contributed by atoms with Gasteiger partial charge in [-0.2, -0.15) is 0 Å². The molecule has 5 nitrogen and oxygen atoms in total. The number of nitrogens with two attached hydrogens (primary N) is 1. The molecule has 0 unspecified atom stereocenters.